The van der Waals surface area contributed by atoms with Crippen molar-refractivity contribution in [1.82, 2.24) is 0 Å². The van der Waals surface area contributed by atoms with E-state index in [9.17, 15) is 9.90 Å². The van der Waals surface area contributed by atoms with Gasteiger partial charge >= 0.3 is 0 Å². The standard InChI is InChI=1S/C24H26O.C4H6O2/c1-3-4-5-6-19-7-9-20(10-8-19)22-13-16-24(18(2)17-22)21-11-14-23(25)15-12-21;1-4(2-5)3-6/h7-17,25H,3-6H2,1-2H3;2,6H,1,3H2. The minimum Gasteiger partial charge on any atom is -0.508 e. The highest BCUT2D eigenvalue weighted by Gasteiger charge is 2.05. The van der Waals surface area contributed by atoms with Crippen LogP contribution in [-0.4, -0.2) is 23.1 Å². The predicted octanol–water partition coefficient (Wildman–Crippen LogP) is 6.50. The Morgan fingerprint density at radius 1 is 0.903 bits per heavy atom. The zero-order valence-electron chi connectivity index (χ0n) is 18.5. The van der Waals surface area contributed by atoms with Crippen molar-refractivity contribution in [3.63, 3.8) is 0 Å². The van der Waals surface area contributed by atoms with Gasteiger partial charge in [0.05, 0.1) is 6.61 Å². The Balaban J connectivity index is 0.000000501. The van der Waals surface area contributed by atoms with E-state index in [-0.39, 0.29) is 12.2 Å². The average Bonchev–Trinajstić information content (AvgIpc) is 2.80. The molecule has 0 radical (unpaired) electrons. The normalized spacial score (nSPS) is 10.2. The van der Waals surface area contributed by atoms with Crippen LogP contribution in [0.2, 0.25) is 0 Å². The minimum atomic E-state index is -0.233. The summed E-state index contributed by atoms with van der Waals surface area (Å²) in [7, 11) is 0. The van der Waals surface area contributed by atoms with Crippen LogP contribution < -0.4 is 0 Å². The Kier molecular flexibility index (Phi) is 9.73. The van der Waals surface area contributed by atoms with Crippen molar-refractivity contribution >= 4 is 6.29 Å². The fraction of sp³-hybridized carbons (Fsp3) is 0.250. The van der Waals surface area contributed by atoms with E-state index < -0.39 is 0 Å². The Morgan fingerprint density at radius 3 is 2.03 bits per heavy atom. The number of aromatic hydroxyl groups is 1. The van der Waals surface area contributed by atoms with Crippen LogP contribution in [0, 0.1) is 6.92 Å². The molecule has 3 aromatic rings. The summed E-state index contributed by atoms with van der Waals surface area (Å²) in [4.78, 5) is 9.48. The van der Waals surface area contributed by atoms with Gasteiger partial charge in [-0.3, -0.25) is 4.79 Å². The highest BCUT2D eigenvalue weighted by molar-refractivity contribution is 5.74. The molecule has 3 nitrogen and oxygen atoms in total. The SMILES string of the molecule is C=C(C=O)CO.CCCCCc1ccc(-c2ccc(-c3ccc(O)cc3)c(C)c2)cc1. The molecule has 0 unspecified atom stereocenters. The number of aliphatic hydroxyl groups is 1. The molecule has 0 aliphatic heterocycles. The third-order valence-electron chi connectivity index (χ3n) is 5.13. The molecular weight excluding hydrogens is 384 g/mol. The van der Waals surface area contributed by atoms with Crippen LogP contribution in [0.25, 0.3) is 22.3 Å². The molecule has 162 valence electrons. The molecule has 0 atom stereocenters. The first-order valence-electron chi connectivity index (χ1n) is 10.7. The summed E-state index contributed by atoms with van der Waals surface area (Å²) in [5, 5.41) is 17.5. The van der Waals surface area contributed by atoms with E-state index in [2.05, 4.69) is 62.9 Å². The Hall–Kier alpha value is -3.17. The number of aldehydes is 1. The molecule has 3 heteroatoms. The second kappa shape index (κ2) is 12.5. The molecule has 3 rings (SSSR count). The molecule has 0 bridgehead atoms. The summed E-state index contributed by atoms with van der Waals surface area (Å²) in [6, 6.07) is 23.0. The van der Waals surface area contributed by atoms with Gasteiger partial charge in [0.1, 0.15) is 12.0 Å². The lowest BCUT2D eigenvalue weighted by Crippen LogP contribution is -1.88. The van der Waals surface area contributed by atoms with Gasteiger partial charge in [-0.05, 0) is 65.3 Å². The zero-order valence-corrected chi connectivity index (χ0v) is 18.5. The maximum atomic E-state index is 9.48. The summed E-state index contributed by atoms with van der Waals surface area (Å²) in [5.41, 5.74) is 7.74. The Labute approximate surface area is 185 Å². The molecule has 31 heavy (non-hydrogen) atoms. The number of carbonyl (C=O) groups excluding carboxylic acids is 1. The van der Waals surface area contributed by atoms with Crippen LogP contribution in [0.1, 0.15) is 37.3 Å². The fourth-order valence-corrected chi connectivity index (χ4v) is 3.29. The molecule has 0 aliphatic carbocycles. The number of phenolic OH excluding ortho intramolecular Hbond substituents is 1. The zero-order chi connectivity index (χ0) is 22.6. The highest BCUT2D eigenvalue weighted by atomic mass is 16.3. The number of rotatable bonds is 8. The van der Waals surface area contributed by atoms with Crippen molar-refractivity contribution in [2.24, 2.45) is 0 Å². The van der Waals surface area contributed by atoms with Crippen molar-refractivity contribution in [2.75, 3.05) is 6.61 Å². The van der Waals surface area contributed by atoms with Gasteiger partial charge in [-0.1, -0.05) is 80.9 Å². The first-order chi connectivity index (χ1) is 15.0. The van der Waals surface area contributed by atoms with Crippen molar-refractivity contribution in [3.05, 3.63) is 90.0 Å². The number of hydrogen-bond donors (Lipinski definition) is 2. The number of hydrogen-bond acceptors (Lipinski definition) is 3. The first-order valence-corrected chi connectivity index (χ1v) is 10.7. The van der Waals surface area contributed by atoms with E-state index in [1.807, 2.05) is 12.1 Å². The van der Waals surface area contributed by atoms with Gasteiger partial charge in [0.15, 0.2) is 0 Å². The van der Waals surface area contributed by atoms with E-state index >= 15 is 0 Å². The number of aliphatic hydroxyl groups excluding tert-OH is 1. The Bertz CT molecular complexity index is 970. The summed E-state index contributed by atoms with van der Waals surface area (Å²) in [5.74, 6) is 0.303. The summed E-state index contributed by atoms with van der Waals surface area (Å²) < 4.78 is 0. The third-order valence-corrected chi connectivity index (χ3v) is 5.13. The second-order valence-electron chi connectivity index (χ2n) is 7.66. The maximum absolute atomic E-state index is 9.48. The number of phenols is 1. The molecule has 0 amide bonds. The number of unbranched alkanes of at least 4 members (excludes halogenated alkanes) is 2. The van der Waals surface area contributed by atoms with Crippen molar-refractivity contribution in [1.29, 1.82) is 0 Å². The second-order valence-corrected chi connectivity index (χ2v) is 7.66. The molecule has 2 N–H and O–H groups in total. The minimum absolute atomic E-state index is 0.218. The predicted molar refractivity (Wildman–Crippen MR) is 129 cm³/mol. The molecule has 3 aromatic carbocycles. The number of aryl methyl sites for hydroxylation is 2. The summed E-state index contributed by atoms with van der Waals surface area (Å²) in [6.45, 7) is 7.33. The number of benzene rings is 3. The van der Waals surface area contributed by atoms with Crippen molar-refractivity contribution in [2.45, 2.75) is 39.5 Å². The van der Waals surface area contributed by atoms with E-state index in [1.165, 1.54) is 53.5 Å². The quantitative estimate of drug-likeness (QED) is 0.250. The van der Waals surface area contributed by atoms with E-state index in [0.717, 1.165) is 5.56 Å². The molecule has 0 spiro atoms. The van der Waals surface area contributed by atoms with Gasteiger partial charge in [0.25, 0.3) is 0 Å². The van der Waals surface area contributed by atoms with Gasteiger partial charge in [-0.2, -0.15) is 0 Å². The van der Waals surface area contributed by atoms with E-state index in [4.69, 9.17) is 5.11 Å². The van der Waals surface area contributed by atoms with Crippen molar-refractivity contribution in [3.8, 4) is 28.0 Å². The van der Waals surface area contributed by atoms with Crippen LogP contribution in [-0.2, 0) is 11.2 Å². The van der Waals surface area contributed by atoms with Gasteiger partial charge < -0.3 is 10.2 Å². The van der Waals surface area contributed by atoms with Gasteiger partial charge in [0.2, 0.25) is 0 Å². The van der Waals surface area contributed by atoms with E-state index in [1.54, 1.807) is 12.1 Å². The third kappa shape index (κ3) is 7.54. The Morgan fingerprint density at radius 2 is 1.52 bits per heavy atom. The van der Waals surface area contributed by atoms with Crippen LogP contribution in [0.5, 0.6) is 5.75 Å². The lowest BCUT2D eigenvalue weighted by molar-refractivity contribution is -0.105. The molecule has 0 saturated carbocycles. The largest absolute Gasteiger partial charge is 0.508 e. The van der Waals surface area contributed by atoms with Crippen LogP contribution in [0.15, 0.2) is 78.9 Å². The first kappa shape index (κ1) is 24.1. The molecule has 0 saturated heterocycles. The lowest BCUT2D eigenvalue weighted by atomic mass is 9.95. The monoisotopic (exact) mass is 416 g/mol. The fourth-order valence-electron chi connectivity index (χ4n) is 3.29. The molecule has 0 aromatic heterocycles. The van der Waals surface area contributed by atoms with E-state index in [0.29, 0.717) is 12.0 Å². The molecule has 0 heterocycles. The molecule has 0 fully saturated rings. The summed E-state index contributed by atoms with van der Waals surface area (Å²) >= 11 is 0. The van der Waals surface area contributed by atoms with Crippen molar-refractivity contribution < 1.29 is 15.0 Å². The maximum Gasteiger partial charge on any atom is 0.147 e. The average molecular weight is 417 g/mol. The van der Waals surface area contributed by atoms with Crippen LogP contribution >= 0.6 is 0 Å². The highest BCUT2D eigenvalue weighted by Crippen LogP contribution is 2.29. The smallest absolute Gasteiger partial charge is 0.147 e. The summed E-state index contributed by atoms with van der Waals surface area (Å²) in [6.07, 6.45) is 5.55. The van der Waals surface area contributed by atoms with Gasteiger partial charge in [0, 0.05) is 5.57 Å². The molecule has 0 aliphatic rings. The number of carbonyl (C=O) groups is 1. The van der Waals surface area contributed by atoms with Gasteiger partial charge in [-0.15, -0.1) is 0 Å². The van der Waals surface area contributed by atoms with Crippen LogP contribution in [0.4, 0.5) is 0 Å². The van der Waals surface area contributed by atoms with Crippen LogP contribution in [0.3, 0.4) is 0 Å². The van der Waals surface area contributed by atoms with Gasteiger partial charge in [-0.25, -0.2) is 0 Å². The molecular formula is C28H32O3. The topological polar surface area (TPSA) is 57.5 Å². The lowest BCUT2D eigenvalue weighted by Gasteiger charge is -2.10.